The number of nitrogens with one attached hydrogen (secondary N) is 3. The van der Waals surface area contributed by atoms with E-state index in [1.807, 2.05) is 6.07 Å². The van der Waals surface area contributed by atoms with Crippen molar-refractivity contribution in [2.24, 2.45) is 0 Å². The summed E-state index contributed by atoms with van der Waals surface area (Å²) in [5, 5.41) is 11.8. The molecule has 0 bridgehead atoms. The van der Waals surface area contributed by atoms with Crippen molar-refractivity contribution in [3.63, 3.8) is 0 Å². The number of hydroxylamine groups is 1. The largest absolute Gasteiger partial charge is 0.481 e. The van der Waals surface area contributed by atoms with Crippen LogP contribution in [0.25, 0.3) is 0 Å². The maximum Gasteiger partial charge on any atom is 0.261 e. The summed E-state index contributed by atoms with van der Waals surface area (Å²) < 4.78 is 33.0. The van der Waals surface area contributed by atoms with E-state index in [2.05, 4.69) is 21.9 Å². The molecule has 0 radical (unpaired) electrons. The molecule has 0 aromatic heterocycles. The predicted molar refractivity (Wildman–Crippen MR) is 122 cm³/mol. The zero-order valence-electron chi connectivity index (χ0n) is 18.2. The number of hydrogen-bond acceptors (Lipinski definition) is 6. The average molecular weight is 474 g/mol. The lowest BCUT2D eigenvalue weighted by Crippen LogP contribution is -2.45. The fourth-order valence-electron chi connectivity index (χ4n) is 2.85. The Balaban J connectivity index is 1.88. The molecule has 0 aliphatic carbocycles. The second kappa shape index (κ2) is 13.2. The Labute approximate surface area is 193 Å². The third kappa shape index (κ3) is 8.57. The summed E-state index contributed by atoms with van der Waals surface area (Å²) in [5.74, 6) is 4.80. The van der Waals surface area contributed by atoms with Crippen molar-refractivity contribution in [2.45, 2.75) is 37.1 Å². The highest BCUT2D eigenvalue weighted by atomic mass is 32.2. The molecule has 0 heterocycles. The van der Waals surface area contributed by atoms with Gasteiger partial charge in [-0.3, -0.25) is 14.8 Å². The quantitative estimate of drug-likeness (QED) is 0.161. The van der Waals surface area contributed by atoms with Crippen molar-refractivity contribution in [3.05, 3.63) is 60.2 Å². The molecule has 0 aliphatic heterocycles. The SMILES string of the molecule is CC#CCOc1ccc(S(=O)(=O)N[C@H](CCCCNC(=O)c2ccccc2)C(=O)NO)cc1. The molecule has 0 spiro atoms. The van der Waals surface area contributed by atoms with Gasteiger partial charge in [-0.2, -0.15) is 4.72 Å². The Hall–Kier alpha value is -3.39. The molecule has 0 unspecified atom stereocenters. The van der Waals surface area contributed by atoms with Crippen molar-refractivity contribution >= 4 is 21.8 Å². The van der Waals surface area contributed by atoms with E-state index in [1.165, 1.54) is 29.7 Å². The van der Waals surface area contributed by atoms with Gasteiger partial charge in [-0.25, -0.2) is 13.9 Å². The minimum atomic E-state index is -4.02. The van der Waals surface area contributed by atoms with Gasteiger partial charge in [0, 0.05) is 12.1 Å². The highest BCUT2D eigenvalue weighted by Gasteiger charge is 2.25. The third-order valence-corrected chi connectivity index (χ3v) is 6.07. The summed E-state index contributed by atoms with van der Waals surface area (Å²) in [7, 11) is -4.02. The van der Waals surface area contributed by atoms with Crippen molar-refractivity contribution in [2.75, 3.05) is 13.2 Å². The molecule has 0 saturated carbocycles. The molecule has 2 rings (SSSR count). The molecular formula is C23H27N3O6S. The number of unbranched alkanes of at least 4 members (excludes halogenated alkanes) is 1. The van der Waals surface area contributed by atoms with Gasteiger partial charge in [0.15, 0.2) is 0 Å². The molecule has 176 valence electrons. The Bertz CT molecular complexity index is 1080. The number of rotatable bonds is 12. The van der Waals surface area contributed by atoms with Crippen LogP contribution < -0.4 is 20.3 Å². The Morgan fingerprint density at radius 3 is 2.39 bits per heavy atom. The highest BCUT2D eigenvalue weighted by molar-refractivity contribution is 7.89. The second-order valence-corrected chi connectivity index (χ2v) is 8.67. The van der Waals surface area contributed by atoms with E-state index in [1.54, 1.807) is 31.2 Å². The number of hydrogen-bond donors (Lipinski definition) is 4. The number of carbonyl (C=O) groups is 2. The van der Waals surface area contributed by atoms with E-state index in [-0.39, 0.29) is 23.8 Å². The van der Waals surface area contributed by atoms with Crippen molar-refractivity contribution in [1.82, 2.24) is 15.5 Å². The van der Waals surface area contributed by atoms with E-state index in [4.69, 9.17) is 9.94 Å². The van der Waals surface area contributed by atoms with Gasteiger partial charge in [0.1, 0.15) is 18.4 Å². The van der Waals surface area contributed by atoms with Crippen LogP contribution in [0.15, 0.2) is 59.5 Å². The van der Waals surface area contributed by atoms with E-state index in [0.717, 1.165) is 0 Å². The summed E-state index contributed by atoms with van der Waals surface area (Å²) >= 11 is 0. The first-order valence-electron chi connectivity index (χ1n) is 10.3. The normalized spacial score (nSPS) is 11.6. The van der Waals surface area contributed by atoms with Gasteiger partial charge in [-0.1, -0.05) is 24.1 Å². The van der Waals surface area contributed by atoms with Crippen LogP contribution in [0.5, 0.6) is 5.75 Å². The minimum absolute atomic E-state index is 0.0534. The lowest BCUT2D eigenvalue weighted by atomic mass is 10.1. The monoisotopic (exact) mass is 473 g/mol. The first-order valence-corrected chi connectivity index (χ1v) is 11.8. The molecule has 4 N–H and O–H groups in total. The second-order valence-electron chi connectivity index (χ2n) is 6.95. The summed E-state index contributed by atoms with van der Waals surface area (Å²) in [5.41, 5.74) is 2.03. The molecule has 1 atom stereocenters. The molecule has 2 amide bonds. The van der Waals surface area contributed by atoms with Gasteiger partial charge in [0.25, 0.3) is 11.8 Å². The molecule has 0 fully saturated rings. The predicted octanol–water partition coefficient (Wildman–Crippen LogP) is 1.84. The van der Waals surface area contributed by atoms with E-state index in [0.29, 0.717) is 30.7 Å². The molecule has 2 aromatic rings. The minimum Gasteiger partial charge on any atom is -0.481 e. The van der Waals surface area contributed by atoms with Gasteiger partial charge in [-0.05, 0) is 62.6 Å². The van der Waals surface area contributed by atoms with Gasteiger partial charge >= 0.3 is 0 Å². The molecule has 10 heteroatoms. The first-order chi connectivity index (χ1) is 15.9. The molecular weight excluding hydrogens is 446 g/mol. The zero-order chi connectivity index (χ0) is 24.1. The molecule has 9 nitrogen and oxygen atoms in total. The topological polar surface area (TPSA) is 134 Å². The van der Waals surface area contributed by atoms with Crippen LogP contribution in [0.1, 0.15) is 36.5 Å². The smallest absolute Gasteiger partial charge is 0.261 e. The Kier molecular flexibility index (Phi) is 10.4. The summed E-state index contributed by atoms with van der Waals surface area (Å²) in [6.45, 7) is 2.23. The molecule has 0 aliphatic rings. The standard InChI is InChI=1S/C23H27N3O6S/c1-2-3-17-32-19-12-14-20(15-13-19)33(30,31)26-21(23(28)25-29)11-7-8-16-24-22(27)18-9-5-4-6-10-18/h4-6,9-10,12-15,21,26,29H,7-8,11,16-17H2,1H3,(H,24,27)(H,25,28)/t21-/m1/s1. The maximum atomic E-state index is 12.7. The van der Waals surface area contributed by atoms with Crippen molar-refractivity contribution < 1.29 is 28.0 Å². The van der Waals surface area contributed by atoms with Gasteiger partial charge < -0.3 is 10.1 Å². The maximum absolute atomic E-state index is 12.7. The summed E-state index contributed by atoms with van der Waals surface area (Å²) in [6.07, 6.45) is 1.08. The van der Waals surface area contributed by atoms with E-state index in [9.17, 15) is 18.0 Å². The number of amides is 2. The van der Waals surface area contributed by atoms with Crippen LogP contribution in [-0.4, -0.2) is 44.6 Å². The molecule has 33 heavy (non-hydrogen) atoms. The van der Waals surface area contributed by atoms with E-state index >= 15 is 0 Å². The average Bonchev–Trinajstić information content (AvgIpc) is 2.83. The van der Waals surface area contributed by atoms with Gasteiger partial charge in [0.05, 0.1) is 4.90 Å². The molecule has 2 aromatic carbocycles. The summed E-state index contributed by atoms with van der Waals surface area (Å²) in [4.78, 5) is 24.0. The van der Waals surface area contributed by atoms with Crippen LogP contribution in [-0.2, 0) is 14.8 Å². The fraction of sp³-hybridized carbons (Fsp3) is 0.304. The van der Waals surface area contributed by atoms with Crippen molar-refractivity contribution in [3.8, 4) is 17.6 Å². The lowest BCUT2D eigenvalue weighted by molar-refractivity contribution is -0.131. The van der Waals surface area contributed by atoms with Crippen LogP contribution >= 0.6 is 0 Å². The molecule has 0 saturated heterocycles. The number of ether oxygens (including phenoxy) is 1. The van der Waals surface area contributed by atoms with Gasteiger partial charge in [0.2, 0.25) is 10.0 Å². The summed E-state index contributed by atoms with van der Waals surface area (Å²) in [6, 6.07) is 13.2. The Morgan fingerprint density at radius 2 is 1.76 bits per heavy atom. The lowest BCUT2D eigenvalue weighted by Gasteiger charge is -2.17. The fourth-order valence-corrected chi connectivity index (χ4v) is 4.08. The van der Waals surface area contributed by atoms with E-state index < -0.39 is 22.0 Å². The van der Waals surface area contributed by atoms with Crippen molar-refractivity contribution in [1.29, 1.82) is 0 Å². The van der Waals surface area contributed by atoms with Crippen LogP contribution in [0.2, 0.25) is 0 Å². The number of benzene rings is 2. The third-order valence-electron chi connectivity index (χ3n) is 4.59. The number of carbonyl (C=O) groups excluding carboxylic acids is 2. The Morgan fingerprint density at radius 1 is 1.06 bits per heavy atom. The first kappa shape index (κ1) is 25.9. The highest BCUT2D eigenvalue weighted by Crippen LogP contribution is 2.17. The zero-order valence-corrected chi connectivity index (χ0v) is 19.0. The van der Waals surface area contributed by atoms with Crippen LogP contribution in [0, 0.1) is 11.8 Å². The van der Waals surface area contributed by atoms with Crippen LogP contribution in [0.4, 0.5) is 0 Å². The number of sulfonamides is 1. The van der Waals surface area contributed by atoms with Gasteiger partial charge in [-0.15, -0.1) is 5.92 Å². The van der Waals surface area contributed by atoms with Crippen LogP contribution in [0.3, 0.4) is 0 Å².